The Labute approximate surface area is 153 Å². The molecule has 1 aliphatic heterocycles. The Bertz CT molecular complexity index is 692. The van der Waals surface area contributed by atoms with Crippen molar-refractivity contribution in [1.82, 2.24) is 15.5 Å². The Balaban J connectivity index is 1.34. The van der Waals surface area contributed by atoms with E-state index in [-0.39, 0.29) is 17.7 Å². The van der Waals surface area contributed by atoms with Gasteiger partial charge in [0.05, 0.1) is 19.4 Å². The van der Waals surface area contributed by atoms with Crippen molar-refractivity contribution in [3.05, 3.63) is 60.1 Å². The van der Waals surface area contributed by atoms with Crippen molar-refractivity contribution in [3.8, 4) is 0 Å². The van der Waals surface area contributed by atoms with Crippen LogP contribution in [0, 0.1) is 5.92 Å². The lowest BCUT2D eigenvalue weighted by Crippen LogP contribution is -2.44. The summed E-state index contributed by atoms with van der Waals surface area (Å²) < 4.78 is 5.20. The summed E-state index contributed by atoms with van der Waals surface area (Å²) in [5.41, 5.74) is 1.10. The zero-order valence-electron chi connectivity index (χ0n) is 14.8. The number of hydrogen-bond donors (Lipinski definition) is 2. The number of hydrogen-bond acceptors (Lipinski definition) is 4. The lowest BCUT2D eigenvalue weighted by atomic mass is 9.96. The average molecular weight is 355 g/mol. The second-order valence-electron chi connectivity index (χ2n) is 6.61. The van der Waals surface area contributed by atoms with Crippen LogP contribution in [0.1, 0.15) is 24.2 Å². The summed E-state index contributed by atoms with van der Waals surface area (Å²) >= 11 is 0. The fraction of sp³-hybridized carbons (Fsp3) is 0.400. The van der Waals surface area contributed by atoms with Gasteiger partial charge in [0.1, 0.15) is 5.76 Å². The van der Waals surface area contributed by atoms with Gasteiger partial charge in [0.2, 0.25) is 11.8 Å². The van der Waals surface area contributed by atoms with Crippen molar-refractivity contribution < 1.29 is 14.0 Å². The van der Waals surface area contributed by atoms with Crippen molar-refractivity contribution in [2.45, 2.75) is 25.9 Å². The van der Waals surface area contributed by atoms with E-state index in [1.165, 1.54) is 0 Å². The summed E-state index contributed by atoms with van der Waals surface area (Å²) in [5, 5.41) is 5.86. The standard InChI is InChI=1S/C20H25N3O3/c24-19(21-14-18-7-4-12-26-18)15-23-10-8-17(9-11-23)20(25)22-13-16-5-2-1-3-6-16/h1-7,12,17H,8-11,13-15H2,(H,21,24)(H,22,25). The third kappa shape index (κ3) is 5.46. The van der Waals surface area contributed by atoms with E-state index in [0.717, 1.165) is 37.3 Å². The van der Waals surface area contributed by atoms with Gasteiger partial charge >= 0.3 is 0 Å². The van der Waals surface area contributed by atoms with Crippen molar-refractivity contribution >= 4 is 11.8 Å². The predicted octanol–water partition coefficient (Wildman–Crippen LogP) is 1.92. The van der Waals surface area contributed by atoms with E-state index in [0.29, 0.717) is 19.6 Å². The molecule has 0 aliphatic carbocycles. The maximum Gasteiger partial charge on any atom is 0.234 e. The summed E-state index contributed by atoms with van der Waals surface area (Å²) in [4.78, 5) is 26.4. The van der Waals surface area contributed by atoms with Crippen LogP contribution < -0.4 is 10.6 Å². The highest BCUT2D eigenvalue weighted by molar-refractivity contribution is 5.79. The third-order valence-corrected chi connectivity index (χ3v) is 4.68. The van der Waals surface area contributed by atoms with Crippen LogP contribution in [0.5, 0.6) is 0 Å². The average Bonchev–Trinajstić information content (AvgIpc) is 3.19. The summed E-state index contributed by atoms with van der Waals surface area (Å²) in [6, 6.07) is 13.5. The second kappa shape index (κ2) is 9.20. The van der Waals surface area contributed by atoms with E-state index in [2.05, 4.69) is 15.5 Å². The molecular weight excluding hydrogens is 330 g/mol. The van der Waals surface area contributed by atoms with Crippen LogP contribution in [0.2, 0.25) is 0 Å². The molecule has 1 saturated heterocycles. The lowest BCUT2D eigenvalue weighted by Gasteiger charge is -2.30. The zero-order chi connectivity index (χ0) is 18.2. The minimum Gasteiger partial charge on any atom is -0.467 e. The van der Waals surface area contributed by atoms with Crippen molar-refractivity contribution in [3.63, 3.8) is 0 Å². The third-order valence-electron chi connectivity index (χ3n) is 4.68. The molecule has 2 aromatic rings. The number of amides is 2. The first-order valence-electron chi connectivity index (χ1n) is 9.04. The minimum atomic E-state index is -0.0200. The van der Waals surface area contributed by atoms with Crippen LogP contribution in [0.3, 0.4) is 0 Å². The van der Waals surface area contributed by atoms with Gasteiger partial charge in [0.25, 0.3) is 0 Å². The number of piperidine rings is 1. The van der Waals surface area contributed by atoms with Crippen LogP contribution >= 0.6 is 0 Å². The van der Waals surface area contributed by atoms with E-state index in [9.17, 15) is 9.59 Å². The molecule has 6 heteroatoms. The number of nitrogens with one attached hydrogen (secondary N) is 2. The summed E-state index contributed by atoms with van der Waals surface area (Å²) in [6.45, 7) is 2.85. The Morgan fingerprint density at radius 1 is 1.00 bits per heavy atom. The maximum absolute atomic E-state index is 12.3. The molecule has 2 heterocycles. The van der Waals surface area contributed by atoms with Gasteiger partial charge in [-0.15, -0.1) is 0 Å². The minimum absolute atomic E-state index is 0.0200. The molecule has 0 bridgehead atoms. The lowest BCUT2D eigenvalue weighted by molar-refractivity contribution is -0.127. The summed E-state index contributed by atoms with van der Waals surface area (Å²) in [7, 11) is 0. The molecule has 1 aliphatic rings. The first-order valence-corrected chi connectivity index (χ1v) is 9.04. The number of rotatable bonds is 7. The predicted molar refractivity (Wildman–Crippen MR) is 98.0 cm³/mol. The van der Waals surface area contributed by atoms with E-state index in [1.54, 1.807) is 12.3 Å². The van der Waals surface area contributed by atoms with Crippen molar-refractivity contribution in [2.24, 2.45) is 5.92 Å². The first kappa shape index (κ1) is 18.2. The van der Waals surface area contributed by atoms with Crippen molar-refractivity contribution in [1.29, 1.82) is 0 Å². The van der Waals surface area contributed by atoms with Crippen LogP contribution in [-0.4, -0.2) is 36.3 Å². The SMILES string of the molecule is O=C(CN1CCC(C(=O)NCc2ccccc2)CC1)NCc1ccco1. The molecule has 2 N–H and O–H groups in total. The molecule has 0 saturated carbocycles. The van der Waals surface area contributed by atoms with Gasteiger partial charge in [0, 0.05) is 12.5 Å². The highest BCUT2D eigenvalue weighted by Gasteiger charge is 2.25. The van der Waals surface area contributed by atoms with Gasteiger partial charge < -0.3 is 15.1 Å². The molecule has 0 spiro atoms. The molecule has 0 unspecified atom stereocenters. The topological polar surface area (TPSA) is 74.6 Å². The van der Waals surface area contributed by atoms with E-state index in [4.69, 9.17) is 4.42 Å². The molecule has 1 aromatic carbocycles. The molecule has 1 aromatic heterocycles. The van der Waals surface area contributed by atoms with Gasteiger partial charge in [-0.25, -0.2) is 0 Å². The van der Waals surface area contributed by atoms with E-state index in [1.807, 2.05) is 36.4 Å². The fourth-order valence-electron chi connectivity index (χ4n) is 3.14. The van der Waals surface area contributed by atoms with Crippen LogP contribution in [-0.2, 0) is 22.7 Å². The molecule has 1 fully saturated rings. The largest absolute Gasteiger partial charge is 0.467 e. The first-order chi connectivity index (χ1) is 12.7. The number of benzene rings is 1. The number of likely N-dealkylation sites (tertiary alicyclic amines) is 1. The fourth-order valence-corrected chi connectivity index (χ4v) is 3.14. The molecule has 6 nitrogen and oxygen atoms in total. The van der Waals surface area contributed by atoms with Gasteiger partial charge in [-0.2, -0.15) is 0 Å². The van der Waals surface area contributed by atoms with Crippen LogP contribution in [0.15, 0.2) is 53.1 Å². The molecule has 0 radical (unpaired) electrons. The Morgan fingerprint density at radius 3 is 2.46 bits per heavy atom. The number of carbonyl (C=O) groups is 2. The molecule has 2 amide bonds. The quantitative estimate of drug-likeness (QED) is 0.796. The van der Waals surface area contributed by atoms with E-state index >= 15 is 0 Å². The Hall–Kier alpha value is -2.60. The number of nitrogens with zero attached hydrogens (tertiary/aromatic N) is 1. The van der Waals surface area contributed by atoms with Gasteiger partial charge in [-0.1, -0.05) is 30.3 Å². The molecule has 0 atom stereocenters. The highest BCUT2D eigenvalue weighted by atomic mass is 16.3. The number of carbonyl (C=O) groups excluding carboxylic acids is 2. The molecule has 138 valence electrons. The molecule has 3 rings (SSSR count). The summed E-state index contributed by atoms with van der Waals surface area (Å²) in [6.07, 6.45) is 3.16. The highest BCUT2D eigenvalue weighted by Crippen LogP contribution is 2.17. The van der Waals surface area contributed by atoms with E-state index < -0.39 is 0 Å². The Morgan fingerprint density at radius 2 is 1.77 bits per heavy atom. The Kier molecular flexibility index (Phi) is 6.44. The smallest absolute Gasteiger partial charge is 0.234 e. The second-order valence-corrected chi connectivity index (χ2v) is 6.61. The normalized spacial score (nSPS) is 15.5. The number of furan rings is 1. The summed E-state index contributed by atoms with van der Waals surface area (Å²) in [5.74, 6) is 0.859. The molecular formula is C20H25N3O3. The molecule has 26 heavy (non-hydrogen) atoms. The van der Waals surface area contributed by atoms with Crippen molar-refractivity contribution in [2.75, 3.05) is 19.6 Å². The maximum atomic E-state index is 12.3. The zero-order valence-corrected chi connectivity index (χ0v) is 14.8. The monoisotopic (exact) mass is 355 g/mol. The van der Waals surface area contributed by atoms with Gasteiger partial charge in [0.15, 0.2) is 0 Å². The van der Waals surface area contributed by atoms with Gasteiger partial charge in [-0.05, 0) is 43.6 Å². The van der Waals surface area contributed by atoms with Crippen LogP contribution in [0.25, 0.3) is 0 Å². The van der Waals surface area contributed by atoms with Crippen LogP contribution in [0.4, 0.5) is 0 Å². The van der Waals surface area contributed by atoms with Gasteiger partial charge in [-0.3, -0.25) is 14.5 Å².